The van der Waals surface area contributed by atoms with Crippen molar-refractivity contribution in [1.29, 1.82) is 0 Å². The van der Waals surface area contributed by atoms with Crippen molar-refractivity contribution in [2.45, 2.75) is 13.5 Å². The molecule has 6 nitrogen and oxygen atoms in total. The quantitative estimate of drug-likeness (QED) is 0.457. The first kappa shape index (κ1) is 18.9. The Hall–Kier alpha value is -2.41. The van der Waals surface area contributed by atoms with Crippen molar-refractivity contribution in [2.75, 3.05) is 37.7 Å². The summed E-state index contributed by atoms with van der Waals surface area (Å²) in [6.07, 6.45) is 0. The van der Waals surface area contributed by atoms with Crippen LogP contribution >= 0.6 is 0 Å². The molecule has 0 unspecified atom stereocenters. The van der Waals surface area contributed by atoms with E-state index in [9.17, 15) is 4.79 Å². The zero-order valence-corrected chi connectivity index (χ0v) is 14.7. The van der Waals surface area contributed by atoms with Crippen molar-refractivity contribution >= 4 is 17.3 Å². The maximum atomic E-state index is 12.3. The fourth-order valence-electron chi connectivity index (χ4n) is 2.13. The van der Waals surface area contributed by atoms with E-state index in [4.69, 9.17) is 9.47 Å². The van der Waals surface area contributed by atoms with Crippen LogP contribution in [-0.2, 0) is 16.1 Å². The van der Waals surface area contributed by atoms with Crippen molar-refractivity contribution < 1.29 is 14.3 Å². The van der Waals surface area contributed by atoms with Gasteiger partial charge in [-0.3, -0.25) is 10.1 Å². The number of rotatable bonds is 10. The van der Waals surface area contributed by atoms with Gasteiger partial charge in [-0.25, -0.2) is 0 Å². The standard InChI is InChI=1S/C19H25N3O3/c1-3-24-14-21-17-8-10-18(11-9-17)22-19(23)16-6-4-15(5-7-16)12-25-13-20-2/h4-11,20-21H,3,12-14H2,1-2H3,(H,22,23). The van der Waals surface area contributed by atoms with Crippen molar-refractivity contribution in [1.82, 2.24) is 5.32 Å². The third-order valence-corrected chi connectivity index (χ3v) is 3.46. The van der Waals surface area contributed by atoms with Crippen LogP contribution in [0.5, 0.6) is 0 Å². The van der Waals surface area contributed by atoms with E-state index in [1.54, 1.807) is 12.1 Å². The second-order valence-electron chi connectivity index (χ2n) is 5.39. The average molecular weight is 343 g/mol. The normalized spacial score (nSPS) is 10.5. The fraction of sp³-hybridized carbons (Fsp3) is 0.316. The van der Waals surface area contributed by atoms with Crippen LogP contribution in [0.15, 0.2) is 48.5 Å². The van der Waals surface area contributed by atoms with Gasteiger partial charge in [-0.15, -0.1) is 0 Å². The molecule has 0 saturated heterocycles. The molecule has 0 radical (unpaired) electrons. The lowest BCUT2D eigenvalue weighted by molar-refractivity contribution is 0.102. The van der Waals surface area contributed by atoms with Gasteiger partial charge in [0.05, 0.1) is 13.3 Å². The zero-order valence-electron chi connectivity index (χ0n) is 14.7. The molecule has 2 rings (SSSR count). The van der Waals surface area contributed by atoms with Crippen molar-refractivity contribution in [2.24, 2.45) is 0 Å². The third-order valence-electron chi connectivity index (χ3n) is 3.46. The number of carbonyl (C=O) groups excluding carboxylic acids is 1. The molecule has 25 heavy (non-hydrogen) atoms. The largest absolute Gasteiger partial charge is 0.363 e. The Kier molecular flexibility index (Phi) is 7.91. The highest BCUT2D eigenvalue weighted by atomic mass is 16.5. The van der Waals surface area contributed by atoms with Gasteiger partial charge in [0, 0.05) is 23.5 Å². The van der Waals surface area contributed by atoms with E-state index < -0.39 is 0 Å². The van der Waals surface area contributed by atoms with Crippen LogP contribution in [0.4, 0.5) is 11.4 Å². The number of ether oxygens (including phenoxy) is 2. The van der Waals surface area contributed by atoms with Gasteiger partial charge in [0.1, 0.15) is 6.73 Å². The summed E-state index contributed by atoms with van der Waals surface area (Å²) in [5, 5.41) is 8.93. The zero-order chi connectivity index (χ0) is 17.9. The maximum Gasteiger partial charge on any atom is 0.255 e. The Balaban J connectivity index is 1.86. The van der Waals surface area contributed by atoms with Crippen LogP contribution in [0.25, 0.3) is 0 Å². The van der Waals surface area contributed by atoms with E-state index in [1.165, 1.54) is 0 Å². The van der Waals surface area contributed by atoms with E-state index in [-0.39, 0.29) is 5.91 Å². The summed E-state index contributed by atoms with van der Waals surface area (Å²) >= 11 is 0. The molecule has 2 aromatic carbocycles. The molecular weight excluding hydrogens is 318 g/mol. The molecule has 0 bridgehead atoms. The molecule has 0 fully saturated rings. The van der Waals surface area contributed by atoms with Crippen LogP contribution < -0.4 is 16.0 Å². The molecule has 0 aliphatic rings. The second-order valence-corrected chi connectivity index (χ2v) is 5.39. The van der Waals surface area contributed by atoms with Crippen molar-refractivity contribution in [3.8, 4) is 0 Å². The predicted molar refractivity (Wildman–Crippen MR) is 99.7 cm³/mol. The lowest BCUT2D eigenvalue weighted by Gasteiger charge is -2.09. The van der Waals surface area contributed by atoms with Gasteiger partial charge in [0.25, 0.3) is 5.91 Å². The molecule has 0 heterocycles. The van der Waals surface area contributed by atoms with Crippen LogP contribution in [0.2, 0.25) is 0 Å². The predicted octanol–water partition coefficient (Wildman–Crippen LogP) is 3.04. The summed E-state index contributed by atoms with van der Waals surface area (Å²) in [4.78, 5) is 12.3. The molecule has 0 spiro atoms. The van der Waals surface area contributed by atoms with Crippen LogP contribution in [0, 0.1) is 0 Å². The van der Waals surface area contributed by atoms with E-state index >= 15 is 0 Å². The lowest BCUT2D eigenvalue weighted by atomic mass is 10.1. The number of hydrogen-bond donors (Lipinski definition) is 3. The smallest absolute Gasteiger partial charge is 0.255 e. The first-order valence-electron chi connectivity index (χ1n) is 8.27. The minimum Gasteiger partial charge on any atom is -0.363 e. The Morgan fingerprint density at radius 2 is 1.60 bits per heavy atom. The Bertz CT molecular complexity index is 642. The van der Waals surface area contributed by atoms with Gasteiger partial charge >= 0.3 is 0 Å². The molecule has 1 amide bonds. The first-order valence-corrected chi connectivity index (χ1v) is 8.27. The molecule has 3 N–H and O–H groups in total. The highest BCUT2D eigenvalue weighted by molar-refractivity contribution is 6.04. The molecule has 0 aromatic heterocycles. The van der Waals surface area contributed by atoms with Crippen LogP contribution in [0.1, 0.15) is 22.8 Å². The Labute approximate surface area is 148 Å². The van der Waals surface area contributed by atoms with Gasteiger partial charge < -0.3 is 20.1 Å². The minimum absolute atomic E-state index is 0.141. The van der Waals surface area contributed by atoms with Gasteiger partial charge in [0.15, 0.2) is 0 Å². The number of benzene rings is 2. The molecular formula is C19H25N3O3. The summed E-state index contributed by atoms with van der Waals surface area (Å²) in [5.41, 5.74) is 3.32. The van der Waals surface area contributed by atoms with E-state index in [0.29, 0.717) is 32.2 Å². The molecule has 0 atom stereocenters. The van der Waals surface area contributed by atoms with Crippen LogP contribution in [-0.4, -0.2) is 33.0 Å². The number of amides is 1. The van der Waals surface area contributed by atoms with Gasteiger partial charge in [-0.1, -0.05) is 12.1 Å². The highest BCUT2D eigenvalue weighted by Crippen LogP contribution is 2.15. The summed E-state index contributed by atoms with van der Waals surface area (Å²) in [7, 11) is 1.83. The van der Waals surface area contributed by atoms with Crippen LogP contribution in [0.3, 0.4) is 0 Å². The van der Waals surface area contributed by atoms with Crippen molar-refractivity contribution in [3.63, 3.8) is 0 Å². The van der Waals surface area contributed by atoms with E-state index in [0.717, 1.165) is 16.9 Å². The summed E-state index contributed by atoms with van der Waals surface area (Å²) in [6, 6.07) is 14.9. The molecule has 6 heteroatoms. The Morgan fingerprint density at radius 1 is 0.920 bits per heavy atom. The molecule has 0 saturated carbocycles. The molecule has 134 valence electrons. The number of hydrogen-bond acceptors (Lipinski definition) is 5. The summed E-state index contributed by atoms with van der Waals surface area (Å²) < 4.78 is 10.6. The van der Waals surface area contributed by atoms with Gasteiger partial charge in [-0.05, 0) is 55.9 Å². The Morgan fingerprint density at radius 3 is 2.24 bits per heavy atom. The van der Waals surface area contributed by atoms with Gasteiger partial charge in [-0.2, -0.15) is 0 Å². The highest BCUT2D eigenvalue weighted by Gasteiger charge is 2.06. The van der Waals surface area contributed by atoms with E-state index in [2.05, 4.69) is 16.0 Å². The monoisotopic (exact) mass is 343 g/mol. The second kappa shape index (κ2) is 10.5. The van der Waals surface area contributed by atoms with Gasteiger partial charge in [0.2, 0.25) is 0 Å². The number of nitrogens with one attached hydrogen (secondary N) is 3. The number of anilines is 2. The lowest BCUT2D eigenvalue weighted by Crippen LogP contribution is -2.13. The fourth-order valence-corrected chi connectivity index (χ4v) is 2.13. The molecule has 0 aliphatic heterocycles. The number of carbonyl (C=O) groups is 1. The van der Waals surface area contributed by atoms with Crippen molar-refractivity contribution in [3.05, 3.63) is 59.7 Å². The minimum atomic E-state index is -0.141. The van der Waals surface area contributed by atoms with E-state index in [1.807, 2.05) is 50.4 Å². The first-order chi connectivity index (χ1) is 12.2. The summed E-state index contributed by atoms with van der Waals surface area (Å²) in [5.74, 6) is -0.141. The SMILES string of the molecule is CCOCNc1ccc(NC(=O)c2ccc(COCNC)cc2)cc1. The third kappa shape index (κ3) is 6.54. The maximum absolute atomic E-state index is 12.3. The molecule has 2 aromatic rings. The topological polar surface area (TPSA) is 71.6 Å². The molecule has 0 aliphatic carbocycles. The summed E-state index contributed by atoms with van der Waals surface area (Å²) in [6.45, 7) is 4.09. The average Bonchev–Trinajstić information content (AvgIpc) is 2.64.